The summed E-state index contributed by atoms with van der Waals surface area (Å²) in [7, 11) is 0. The Balaban J connectivity index is 0.00000306. The van der Waals surface area contributed by atoms with Gasteiger partial charge in [0.25, 0.3) is 0 Å². The summed E-state index contributed by atoms with van der Waals surface area (Å²) in [6.07, 6.45) is 8.86. The molecule has 0 amide bonds. The molecule has 8 nitrogen and oxygen atoms in total. The van der Waals surface area contributed by atoms with Crippen molar-refractivity contribution in [3.8, 4) is 5.75 Å². The Morgan fingerprint density at radius 1 is 0.970 bits per heavy atom. The predicted octanol–water partition coefficient (Wildman–Crippen LogP) is 1.23. The monoisotopic (exact) mass is 481 g/mol. The van der Waals surface area contributed by atoms with Crippen molar-refractivity contribution in [2.45, 2.75) is 57.9 Å². The first-order valence-corrected chi connectivity index (χ1v) is 12.2. The van der Waals surface area contributed by atoms with Gasteiger partial charge in [0.15, 0.2) is 0 Å². The molecule has 1 aliphatic heterocycles. The summed E-state index contributed by atoms with van der Waals surface area (Å²) >= 11 is 5.99. The topological polar surface area (TPSA) is 101 Å². The maximum Gasteiger partial charge on any atom is 1.00 e. The Bertz CT molecular complexity index is 897. The van der Waals surface area contributed by atoms with Gasteiger partial charge in [-0.3, -0.25) is 4.90 Å². The van der Waals surface area contributed by atoms with E-state index in [0.717, 1.165) is 26.2 Å². The maximum atomic E-state index is 11.6. The van der Waals surface area contributed by atoms with Crippen LogP contribution in [0.25, 0.3) is 0 Å². The number of likely N-dealkylation sites (tertiary alicyclic amines) is 1. The summed E-state index contributed by atoms with van der Waals surface area (Å²) < 4.78 is 0. The van der Waals surface area contributed by atoms with Gasteiger partial charge >= 0.3 is 29.6 Å². The Labute approximate surface area is 223 Å². The fourth-order valence-corrected chi connectivity index (χ4v) is 4.86. The number of likely N-dealkylation sites (N-methyl/N-ethyl adjacent to an activating group) is 1. The van der Waals surface area contributed by atoms with E-state index in [0.29, 0.717) is 35.5 Å². The van der Waals surface area contributed by atoms with Gasteiger partial charge in [0.2, 0.25) is 17.8 Å². The van der Waals surface area contributed by atoms with Crippen molar-refractivity contribution in [3.05, 3.63) is 23.2 Å². The number of nitrogens with one attached hydrogen (secondary N) is 3. The molecule has 2 fully saturated rings. The molecule has 3 N–H and O–H groups in total. The molecule has 0 spiro atoms. The van der Waals surface area contributed by atoms with Gasteiger partial charge in [-0.15, -0.1) is 0 Å². The van der Waals surface area contributed by atoms with Crippen LogP contribution in [0.1, 0.15) is 51.9 Å². The summed E-state index contributed by atoms with van der Waals surface area (Å²) in [5.41, 5.74) is 0.665. The van der Waals surface area contributed by atoms with Gasteiger partial charge in [0.1, 0.15) is 0 Å². The molecule has 0 radical (unpaired) electrons. The van der Waals surface area contributed by atoms with Crippen LogP contribution >= 0.6 is 11.6 Å². The first-order valence-electron chi connectivity index (χ1n) is 11.8. The molecule has 2 aliphatic rings. The van der Waals surface area contributed by atoms with E-state index in [1.165, 1.54) is 51.0 Å². The second-order valence-electron chi connectivity index (χ2n) is 8.77. The molecule has 1 unspecified atom stereocenters. The SMILES string of the molecule is CCN1CCCC1CNc1nc(NCC2CCCCC2)nc(Nc2ccc([O-])c(Cl)c2)n1.[Na+]. The van der Waals surface area contributed by atoms with E-state index in [9.17, 15) is 5.11 Å². The molecule has 1 aromatic heterocycles. The Hall–Kier alpha value is -1.32. The van der Waals surface area contributed by atoms with E-state index in [1.807, 2.05) is 0 Å². The van der Waals surface area contributed by atoms with Gasteiger partial charge in [-0.1, -0.05) is 49.6 Å². The Morgan fingerprint density at radius 3 is 2.36 bits per heavy atom. The van der Waals surface area contributed by atoms with Crippen LogP contribution in [0.3, 0.4) is 0 Å². The number of hydrogen-bond donors (Lipinski definition) is 3. The molecule has 0 bridgehead atoms. The zero-order valence-corrected chi connectivity index (χ0v) is 22.5. The van der Waals surface area contributed by atoms with Crippen LogP contribution in [0, 0.1) is 5.92 Å². The van der Waals surface area contributed by atoms with Crippen molar-refractivity contribution in [3.63, 3.8) is 0 Å². The standard InChI is InChI=1S/C23H34ClN7O.Na/c1-2-31-12-6-9-18(31)15-26-22-28-21(25-14-16-7-4-3-5-8-16)29-23(30-22)27-17-10-11-20(32)19(24)13-17;/h10-11,13,16,18,32H,2-9,12,14-15H2,1H3,(H3,25,26,27,28,29,30);/q;+1/p-1. The number of nitrogens with zero attached hydrogens (tertiary/aromatic N) is 4. The second-order valence-corrected chi connectivity index (χ2v) is 9.17. The van der Waals surface area contributed by atoms with Gasteiger partial charge < -0.3 is 21.1 Å². The molecule has 1 aromatic carbocycles. The van der Waals surface area contributed by atoms with Crippen molar-refractivity contribution in [1.82, 2.24) is 19.9 Å². The average molecular weight is 482 g/mol. The first-order chi connectivity index (χ1) is 15.6. The summed E-state index contributed by atoms with van der Waals surface area (Å²) in [4.78, 5) is 16.2. The van der Waals surface area contributed by atoms with Crippen LogP contribution in [0.2, 0.25) is 5.02 Å². The predicted molar refractivity (Wildman–Crippen MR) is 128 cm³/mol. The number of rotatable bonds is 9. The number of hydrogen-bond acceptors (Lipinski definition) is 8. The smallest absolute Gasteiger partial charge is 0.871 e. The second kappa shape index (κ2) is 13.0. The molecule has 1 aliphatic carbocycles. The van der Waals surface area contributed by atoms with E-state index < -0.39 is 0 Å². The largest absolute Gasteiger partial charge is 1.00 e. The maximum absolute atomic E-state index is 11.6. The third-order valence-corrected chi connectivity index (χ3v) is 6.79. The minimum atomic E-state index is -0.206. The van der Waals surface area contributed by atoms with Crippen LogP contribution in [0.4, 0.5) is 23.5 Å². The molecule has 174 valence electrons. The first kappa shape index (κ1) is 26.3. The molecular weight excluding hydrogens is 449 g/mol. The molecule has 1 atom stereocenters. The Morgan fingerprint density at radius 2 is 1.67 bits per heavy atom. The third kappa shape index (κ3) is 7.59. The van der Waals surface area contributed by atoms with E-state index in [4.69, 9.17) is 11.6 Å². The zero-order valence-electron chi connectivity index (χ0n) is 19.7. The zero-order chi connectivity index (χ0) is 22.3. The van der Waals surface area contributed by atoms with Gasteiger partial charge in [-0.2, -0.15) is 15.0 Å². The van der Waals surface area contributed by atoms with Crippen molar-refractivity contribution in [2.75, 3.05) is 42.1 Å². The fraction of sp³-hybridized carbons (Fsp3) is 0.609. The molecule has 1 saturated carbocycles. The molecule has 33 heavy (non-hydrogen) atoms. The van der Waals surface area contributed by atoms with Crippen molar-refractivity contribution in [2.24, 2.45) is 5.92 Å². The van der Waals surface area contributed by atoms with E-state index in [-0.39, 0.29) is 40.3 Å². The van der Waals surface area contributed by atoms with Crippen molar-refractivity contribution in [1.29, 1.82) is 0 Å². The van der Waals surface area contributed by atoms with E-state index in [2.05, 4.69) is 42.7 Å². The third-order valence-electron chi connectivity index (χ3n) is 6.50. The van der Waals surface area contributed by atoms with Crippen molar-refractivity contribution < 1.29 is 34.7 Å². The van der Waals surface area contributed by atoms with Crippen LogP contribution in [-0.2, 0) is 0 Å². The summed E-state index contributed by atoms with van der Waals surface area (Å²) in [6.45, 7) is 6.08. The molecule has 2 heterocycles. The summed E-state index contributed by atoms with van der Waals surface area (Å²) in [5.74, 6) is 1.97. The number of halogens is 1. The Kier molecular flexibility index (Phi) is 10.3. The average Bonchev–Trinajstić information content (AvgIpc) is 3.27. The van der Waals surface area contributed by atoms with Gasteiger partial charge in [-0.25, -0.2) is 0 Å². The number of benzene rings is 1. The summed E-state index contributed by atoms with van der Waals surface area (Å²) in [6, 6.07) is 5.20. The molecular formula is C23H33ClN7NaO. The fourth-order valence-electron chi connectivity index (χ4n) is 4.68. The van der Waals surface area contributed by atoms with Gasteiger partial charge in [0.05, 0.1) is 0 Å². The quantitative estimate of drug-likeness (QED) is 0.460. The summed E-state index contributed by atoms with van der Waals surface area (Å²) in [5, 5.41) is 21.8. The van der Waals surface area contributed by atoms with Gasteiger partial charge in [-0.05, 0) is 56.8 Å². The minimum Gasteiger partial charge on any atom is -0.871 e. The number of aromatic nitrogens is 3. The van der Waals surface area contributed by atoms with E-state index in [1.54, 1.807) is 12.1 Å². The molecule has 2 aromatic rings. The molecule has 1 saturated heterocycles. The van der Waals surface area contributed by atoms with Crippen LogP contribution in [0.5, 0.6) is 5.75 Å². The van der Waals surface area contributed by atoms with Crippen LogP contribution in [-0.4, -0.2) is 52.1 Å². The molecule has 4 rings (SSSR count). The normalized spacial score (nSPS) is 19.2. The number of anilines is 4. The van der Waals surface area contributed by atoms with Crippen LogP contribution < -0.4 is 50.6 Å². The van der Waals surface area contributed by atoms with Crippen LogP contribution in [0.15, 0.2) is 18.2 Å². The van der Waals surface area contributed by atoms with Crippen molar-refractivity contribution >= 4 is 35.1 Å². The minimum absolute atomic E-state index is 0. The van der Waals surface area contributed by atoms with E-state index >= 15 is 0 Å². The van der Waals surface area contributed by atoms with Gasteiger partial charge in [0, 0.05) is 29.8 Å². The molecule has 10 heteroatoms.